The molecule has 18 heavy (non-hydrogen) atoms. The zero-order valence-corrected chi connectivity index (χ0v) is 12.0. The topological polar surface area (TPSA) is 95.5 Å². The van der Waals surface area contributed by atoms with Gasteiger partial charge in [-0.25, -0.2) is 9.59 Å². The molecule has 0 bridgehead atoms. The van der Waals surface area contributed by atoms with Gasteiger partial charge in [0.25, 0.3) is 0 Å². The molecule has 3 N–H and O–H groups in total. The van der Waals surface area contributed by atoms with Crippen LogP contribution in [0, 0.1) is 5.92 Å². The molecule has 0 saturated heterocycles. The van der Waals surface area contributed by atoms with E-state index >= 15 is 0 Å². The smallest absolute Gasteiger partial charge is 0.326 e. The molecule has 0 aliphatic heterocycles. The standard InChI is InChI=1S/C11H22N2O4S/c1-7(2)9(10(14)15)13-11(16)12-8(3)5-6-18(4)17/h7-9H,5-6H2,1-4H3,(H,14,15)(H2,12,13,16)/t8?,9-,18?/m1/s1. The predicted molar refractivity (Wildman–Crippen MR) is 70.9 cm³/mol. The van der Waals surface area contributed by atoms with Crippen LogP contribution in [0.25, 0.3) is 0 Å². The molecule has 106 valence electrons. The lowest BCUT2D eigenvalue weighted by Gasteiger charge is -2.20. The van der Waals surface area contributed by atoms with Crippen molar-refractivity contribution in [1.82, 2.24) is 10.6 Å². The Balaban J connectivity index is 4.16. The highest BCUT2D eigenvalue weighted by Gasteiger charge is 2.23. The summed E-state index contributed by atoms with van der Waals surface area (Å²) in [6.45, 7) is 5.24. The third-order valence-corrected chi connectivity index (χ3v) is 3.25. The Bertz CT molecular complexity index is 320. The number of aliphatic carboxylic acids is 1. The minimum Gasteiger partial charge on any atom is -0.480 e. The first-order valence-electron chi connectivity index (χ1n) is 5.84. The number of carboxylic acid groups (broad SMARTS) is 1. The largest absolute Gasteiger partial charge is 0.480 e. The fourth-order valence-electron chi connectivity index (χ4n) is 1.34. The number of carboxylic acids is 1. The van der Waals surface area contributed by atoms with Crippen molar-refractivity contribution >= 4 is 22.8 Å². The summed E-state index contributed by atoms with van der Waals surface area (Å²) in [6.07, 6.45) is 2.20. The van der Waals surface area contributed by atoms with Crippen LogP contribution in [0.5, 0.6) is 0 Å². The summed E-state index contributed by atoms with van der Waals surface area (Å²) in [5.74, 6) is -0.734. The first-order valence-corrected chi connectivity index (χ1v) is 7.56. The number of hydrogen-bond acceptors (Lipinski definition) is 3. The van der Waals surface area contributed by atoms with E-state index in [4.69, 9.17) is 5.11 Å². The summed E-state index contributed by atoms with van der Waals surface area (Å²) in [5.41, 5.74) is 0. The van der Waals surface area contributed by atoms with E-state index < -0.39 is 28.8 Å². The Morgan fingerprint density at radius 3 is 2.17 bits per heavy atom. The van der Waals surface area contributed by atoms with Crippen LogP contribution in [0.4, 0.5) is 4.79 Å². The van der Waals surface area contributed by atoms with Gasteiger partial charge in [-0.3, -0.25) is 4.21 Å². The molecular weight excluding hydrogens is 256 g/mol. The number of nitrogens with one attached hydrogen (secondary N) is 2. The molecule has 0 radical (unpaired) electrons. The molecule has 0 aromatic heterocycles. The molecule has 0 spiro atoms. The van der Waals surface area contributed by atoms with E-state index in [1.165, 1.54) is 0 Å². The molecule has 0 aliphatic rings. The second kappa shape index (κ2) is 8.07. The third-order valence-electron chi connectivity index (χ3n) is 2.44. The molecule has 0 aliphatic carbocycles. The Kier molecular flexibility index (Phi) is 7.58. The average molecular weight is 278 g/mol. The highest BCUT2D eigenvalue weighted by Crippen LogP contribution is 2.01. The minimum absolute atomic E-state index is 0.143. The second-order valence-electron chi connectivity index (χ2n) is 4.64. The van der Waals surface area contributed by atoms with E-state index in [0.29, 0.717) is 12.2 Å². The molecular formula is C11H22N2O4S. The Morgan fingerprint density at radius 2 is 1.78 bits per heavy atom. The zero-order chi connectivity index (χ0) is 14.3. The lowest BCUT2D eigenvalue weighted by atomic mass is 10.1. The van der Waals surface area contributed by atoms with E-state index in [1.54, 1.807) is 27.0 Å². The van der Waals surface area contributed by atoms with E-state index in [9.17, 15) is 13.8 Å². The van der Waals surface area contributed by atoms with Crippen molar-refractivity contribution in [2.45, 2.75) is 39.3 Å². The molecule has 0 aromatic rings. The average Bonchev–Trinajstić information content (AvgIpc) is 2.22. The summed E-state index contributed by atoms with van der Waals surface area (Å²) < 4.78 is 10.9. The first kappa shape index (κ1) is 16.9. The predicted octanol–water partition coefficient (Wildman–Crippen LogP) is 0.552. The van der Waals surface area contributed by atoms with Gasteiger partial charge in [-0.1, -0.05) is 13.8 Å². The fraction of sp³-hybridized carbons (Fsp3) is 0.818. The van der Waals surface area contributed by atoms with E-state index in [-0.39, 0.29) is 12.0 Å². The highest BCUT2D eigenvalue weighted by molar-refractivity contribution is 7.84. The number of hydrogen-bond donors (Lipinski definition) is 3. The van der Waals surface area contributed by atoms with Gasteiger partial charge in [0.1, 0.15) is 6.04 Å². The highest BCUT2D eigenvalue weighted by atomic mass is 32.2. The van der Waals surface area contributed by atoms with Crippen molar-refractivity contribution in [3.63, 3.8) is 0 Å². The summed E-state index contributed by atoms with van der Waals surface area (Å²) in [4.78, 5) is 22.5. The normalized spacial score (nSPS) is 15.8. The quantitative estimate of drug-likeness (QED) is 0.634. The fourth-order valence-corrected chi connectivity index (χ4v) is 2.02. The second-order valence-corrected chi connectivity index (χ2v) is 6.20. The van der Waals surface area contributed by atoms with Gasteiger partial charge in [0, 0.05) is 28.9 Å². The van der Waals surface area contributed by atoms with Crippen LogP contribution >= 0.6 is 0 Å². The molecule has 0 rings (SSSR count). The number of amides is 2. The Hall–Kier alpha value is -1.11. The van der Waals surface area contributed by atoms with Crippen LogP contribution in [0.1, 0.15) is 27.2 Å². The lowest BCUT2D eigenvalue weighted by Crippen LogP contribution is -2.50. The van der Waals surface area contributed by atoms with Crippen LogP contribution in [-0.4, -0.2) is 45.4 Å². The van der Waals surface area contributed by atoms with Crippen molar-refractivity contribution in [3.05, 3.63) is 0 Å². The van der Waals surface area contributed by atoms with Gasteiger partial charge in [-0.15, -0.1) is 0 Å². The van der Waals surface area contributed by atoms with Gasteiger partial charge < -0.3 is 15.7 Å². The molecule has 2 unspecified atom stereocenters. The Morgan fingerprint density at radius 1 is 1.22 bits per heavy atom. The summed E-state index contributed by atoms with van der Waals surface area (Å²) in [5, 5.41) is 14.0. The lowest BCUT2D eigenvalue weighted by molar-refractivity contribution is -0.140. The van der Waals surface area contributed by atoms with Crippen LogP contribution < -0.4 is 10.6 Å². The number of carbonyl (C=O) groups excluding carboxylic acids is 1. The SMILES string of the molecule is CC(CCS(C)=O)NC(=O)N[C@@H](C(=O)O)C(C)C. The molecule has 6 nitrogen and oxygen atoms in total. The van der Waals surface area contributed by atoms with Crippen LogP contribution in [0.3, 0.4) is 0 Å². The minimum atomic E-state index is -1.05. The molecule has 2 amide bonds. The van der Waals surface area contributed by atoms with Crippen molar-refractivity contribution in [2.75, 3.05) is 12.0 Å². The number of urea groups is 1. The first-order chi connectivity index (χ1) is 8.23. The van der Waals surface area contributed by atoms with Gasteiger partial charge in [0.15, 0.2) is 0 Å². The van der Waals surface area contributed by atoms with Crippen molar-refractivity contribution in [3.8, 4) is 0 Å². The molecule has 0 saturated carbocycles. The maximum absolute atomic E-state index is 11.6. The maximum Gasteiger partial charge on any atom is 0.326 e. The van der Waals surface area contributed by atoms with E-state index in [2.05, 4.69) is 10.6 Å². The van der Waals surface area contributed by atoms with Crippen LogP contribution in [0.2, 0.25) is 0 Å². The Labute approximate surface area is 110 Å². The van der Waals surface area contributed by atoms with E-state index in [0.717, 1.165) is 0 Å². The molecule has 0 fully saturated rings. The van der Waals surface area contributed by atoms with E-state index in [1.807, 2.05) is 0 Å². The molecule has 0 aromatic carbocycles. The summed E-state index contributed by atoms with van der Waals surface area (Å²) in [6, 6.07) is -1.56. The van der Waals surface area contributed by atoms with Crippen molar-refractivity contribution in [2.24, 2.45) is 5.92 Å². The zero-order valence-electron chi connectivity index (χ0n) is 11.2. The van der Waals surface area contributed by atoms with Crippen molar-refractivity contribution in [1.29, 1.82) is 0 Å². The third kappa shape index (κ3) is 7.26. The van der Waals surface area contributed by atoms with Gasteiger partial charge in [-0.2, -0.15) is 0 Å². The van der Waals surface area contributed by atoms with Crippen molar-refractivity contribution < 1.29 is 18.9 Å². The maximum atomic E-state index is 11.6. The van der Waals surface area contributed by atoms with Gasteiger partial charge >= 0.3 is 12.0 Å². The summed E-state index contributed by atoms with van der Waals surface area (Å²) >= 11 is 0. The van der Waals surface area contributed by atoms with Gasteiger partial charge in [-0.05, 0) is 19.3 Å². The summed E-state index contributed by atoms with van der Waals surface area (Å²) in [7, 11) is -0.892. The molecule has 0 heterocycles. The monoisotopic (exact) mass is 278 g/mol. The van der Waals surface area contributed by atoms with Gasteiger partial charge in [0.2, 0.25) is 0 Å². The number of carbonyl (C=O) groups is 2. The van der Waals surface area contributed by atoms with Crippen LogP contribution in [0.15, 0.2) is 0 Å². The van der Waals surface area contributed by atoms with Gasteiger partial charge in [0.05, 0.1) is 0 Å². The van der Waals surface area contributed by atoms with Crippen LogP contribution in [-0.2, 0) is 15.6 Å². The number of rotatable bonds is 7. The molecule has 3 atom stereocenters. The molecule has 7 heteroatoms.